The van der Waals surface area contributed by atoms with E-state index < -0.39 is 5.82 Å². The number of H-pyrrole nitrogens is 1. The number of hydrogen-bond donors (Lipinski definition) is 3. The Bertz CT molecular complexity index is 544. The third kappa shape index (κ3) is 3.59. The van der Waals surface area contributed by atoms with Gasteiger partial charge in [0.2, 0.25) is 0 Å². The number of nitrogens with zero attached hydrogens (tertiary/aromatic N) is 2. The lowest BCUT2D eigenvalue weighted by Crippen LogP contribution is -2.07. The summed E-state index contributed by atoms with van der Waals surface area (Å²) >= 11 is 0. The molecule has 0 spiro atoms. The second-order valence-corrected chi connectivity index (χ2v) is 4.27. The van der Waals surface area contributed by atoms with E-state index in [9.17, 15) is 4.39 Å². The van der Waals surface area contributed by atoms with Crippen LogP contribution in [0.5, 0.6) is 5.75 Å². The average molecular weight is 279 g/mol. The van der Waals surface area contributed by atoms with Gasteiger partial charge in [-0.25, -0.2) is 9.37 Å². The predicted molar refractivity (Wildman–Crippen MR) is 75.2 cm³/mol. The van der Waals surface area contributed by atoms with E-state index in [1.807, 2.05) is 0 Å². The number of aromatic nitrogens is 3. The third-order valence-corrected chi connectivity index (χ3v) is 2.77. The molecule has 0 bridgehead atoms. The highest BCUT2D eigenvalue weighted by Gasteiger charge is 2.08. The average Bonchev–Trinajstić information content (AvgIpc) is 2.92. The molecule has 1 aromatic heterocycles. The van der Waals surface area contributed by atoms with Gasteiger partial charge < -0.3 is 15.8 Å². The number of hydrogen-bond acceptors (Lipinski definition) is 5. The normalized spacial score (nSPS) is 10.5. The number of anilines is 2. The molecule has 7 heteroatoms. The summed E-state index contributed by atoms with van der Waals surface area (Å²) in [7, 11) is 0. The molecule has 0 amide bonds. The molecule has 1 aromatic carbocycles. The summed E-state index contributed by atoms with van der Waals surface area (Å²) in [6.45, 7) is 2.91. The molecule has 0 atom stereocenters. The van der Waals surface area contributed by atoms with Gasteiger partial charge in [-0.1, -0.05) is 0 Å². The Hall–Kier alpha value is -2.31. The summed E-state index contributed by atoms with van der Waals surface area (Å²) in [6.07, 6.45) is 3.12. The summed E-state index contributed by atoms with van der Waals surface area (Å²) in [5.41, 5.74) is 6.82. The van der Waals surface area contributed by atoms with Crippen molar-refractivity contribution in [3.05, 3.63) is 30.1 Å². The molecule has 108 valence electrons. The smallest absolute Gasteiger partial charge is 0.167 e. The number of benzene rings is 1. The molecule has 0 unspecified atom stereocenters. The van der Waals surface area contributed by atoms with Gasteiger partial charge in [-0.15, -0.1) is 0 Å². The monoisotopic (exact) mass is 279 g/mol. The Balaban J connectivity index is 1.89. The van der Waals surface area contributed by atoms with Crippen LogP contribution < -0.4 is 15.8 Å². The minimum atomic E-state index is -0.448. The van der Waals surface area contributed by atoms with Gasteiger partial charge in [-0.3, -0.25) is 5.10 Å². The van der Waals surface area contributed by atoms with E-state index in [0.717, 1.165) is 18.7 Å². The van der Waals surface area contributed by atoms with E-state index in [-0.39, 0.29) is 5.75 Å². The van der Waals surface area contributed by atoms with E-state index >= 15 is 0 Å². The summed E-state index contributed by atoms with van der Waals surface area (Å²) in [5, 5.41) is 9.75. The number of halogens is 1. The Morgan fingerprint density at radius 3 is 3.00 bits per heavy atom. The lowest BCUT2D eigenvalue weighted by Gasteiger charge is -2.12. The zero-order chi connectivity index (χ0) is 14.4. The van der Waals surface area contributed by atoms with Crippen LogP contribution in [0, 0.1) is 5.82 Å². The molecule has 2 aromatic rings. The number of nitrogens with one attached hydrogen (secondary N) is 2. The van der Waals surface area contributed by atoms with Crippen molar-refractivity contribution in [2.45, 2.75) is 19.8 Å². The third-order valence-electron chi connectivity index (χ3n) is 2.77. The first-order valence-corrected chi connectivity index (χ1v) is 6.50. The summed E-state index contributed by atoms with van der Waals surface area (Å²) in [4.78, 5) is 4.04. The molecule has 0 aliphatic rings. The van der Waals surface area contributed by atoms with Crippen LogP contribution >= 0.6 is 0 Å². The SMILES string of the molecule is CCOc1cc(NCCCc2ncn[nH]2)c(N)cc1F. The van der Waals surface area contributed by atoms with Crippen molar-refractivity contribution < 1.29 is 9.13 Å². The zero-order valence-electron chi connectivity index (χ0n) is 11.3. The van der Waals surface area contributed by atoms with Gasteiger partial charge in [0.1, 0.15) is 12.2 Å². The second kappa shape index (κ2) is 6.74. The minimum Gasteiger partial charge on any atom is -0.491 e. The van der Waals surface area contributed by atoms with Crippen LogP contribution in [0.1, 0.15) is 19.2 Å². The summed E-state index contributed by atoms with van der Waals surface area (Å²) < 4.78 is 18.7. The maximum absolute atomic E-state index is 13.5. The number of nitrogen functional groups attached to an aromatic ring is 1. The van der Waals surface area contributed by atoms with Crippen molar-refractivity contribution in [3.63, 3.8) is 0 Å². The highest BCUT2D eigenvalue weighted by molar-refractivity contribution is 5.68. The fourth-order valence-corrected chi connectivity index (χ4v) is 1.82. The van der Waals surface area contributed by atoms with Gasteiger partial charge in [-0.2, -0.15) is 5.10 Å². The number of aryl methyl sites for hydroxylation is 1. The summed E-state index contributed by atoms with van der Waals surface area (Å²) in [5.74, 6) is 0.602. The van der Waals surface area contributed by atoms with E-state index in [1.54, 1.807) is 13.0 Å². The molecule has 0 aliphatic heterocycles. The van der Waals surface area contributed by atoms with Crippen molar-refractivity contribution in [2.75, 3.05) is 24.2 Å². The second-order valence-electron chi connectivity index (χ2n) is 4.27. The fourth-order valence-electron chi connectivity index (χ4n) is 1.82. The fraction of sp³-hybridized carbons (Fsp3) is 0.385. The Labute approximate surface area is 116 Å². The molecule has 20 heavy (non-hydrogen) atoms. The molecule has 2 rings (SSSR count). The molecule has 0 aliphatic carbocycles. The van der Waals surface area contributed by atoms with Crippen molar-refractivity contribution in [2.24, 2.45) is 0 Å². The first-order chi connectivity index (χ1) is 9.70. The summed E-state index contributed by atoms with van der Waals surface area (Å²) in [6, 6.07) is 2.85. The zero-order valence-corrected chi connectivity index (χ0v) is 11.3. The Morgan fingerprint density at radius 2 is 2.30 bits per heavy atom. The highest BCUT2D eigenvalue weighted by atomic mass is 19.1. The van der Waals surface area contributed by atoms with Gasteiger partial charge in [0.25, 0.3) is 0 Å². The molecule has 0 saturated carbocycles. The van der Waals surface area contributed by atoms with Crippen LogP contribution in [0.15, 0.2) is 18.5 Å². The van der Waals surface area contributed by atoms with Gasteiger partial charge in [0, 0.05) is 25.1 Å². The molecule has 0 radical (unpaired) electrons. The van der Waals surface area contributed by atoms with Crippen LogP contribution in [-0.4, -0.2) is 28.3 Å². The van der Waals surface area contributed by atoms with Gasteiger partial charge >= 0.3 is 0 Å². The largest absolute Gasteiger partial charge is 0.491 e. The van der Waals surface area contributed by atoms with Gasteiger partial charge in [-0.05, 0) is 13.3 Å². The van der Waals surface area contributed by atoms with Crippen molar-refractivity contribution >= 4 is 11.4 Å². The van der Waals surface area contributed by atoms with Crippen molar-refractivity contribution in [1.29, 1.82) is 0 Å². The van der Waals surface area contributed by atoms with E-state index in [0.29, 0.717) is 24.5 Å². The van der Waals surface area contributed by atoms with E-state index in [4.69, 9.17) is 10.5 Å². The maximum atomic E-state index is 13.5. The van der Waals surface area contributed by atoms with E-state index in [1.165, 1.54) is 12.4 Å². The number of ether oxygens (including phenoxy) is 1. The quantitative estimate of drug-likeness (QED) is 0.532. The standard InChI is InChI=1S/C13H18FN5O/c1-2-20-12-7-11(10(15)6-9(12)14)16-5-3-4-13-17-8-18-19-13/h6-8,16H,2-5,15H2,1H3,(H,17,18,19). The number of rotatable bonds is 7. The number of aromatic amines is 1. The lowest BCUT2D eigenvalue weighted by molar-refractivity contribution is 0.322. The molecule has 0 saturated heterocycles. The Morgan fingerprint density at radius 1 is 1.45 bits per heavy atom. The molecule has 0 fully saturated rings. The maximum Gasteiger partial charge on any atom is 0.167 e. The number of nitrogens with two attached hydrogens (primary N) is 1. The van der Waals surface area contributed by atoms with E-state index in [2.05, 4.69) is 20.5 Å². The molecule has 1 heterocycles. The predicted octanol–water partition coefficient (Wildman–Crippen LogP) is 1.97. The highest BCUT2D eigenvalue weighted by Crippen LogP contribution is 2.28. The van der Waals surface area contributed by atoms with Crippen molar-refractivity contribution in [1.82, 2.24) is 15.2 Å². The Kier molecular flexibility index (Phi) is 4.75. The van der Waals surface area contributed by atoms with Crippen LogP contribution in [0.2, 0.25) is 0 Å². The van der Waals surface area contributed by atoms with Crippen molar-refractivity contribution in [3.8, 4) is 5.75 Å². The van der Waals surface area contributed by atoms with Crippen LogP contribution in [0.3, 0.4) is 0 Å². The molecule has 4 N–H and O–H groups in total. The first kappa shape index (κ1) is 14.1. The van der Waals surface area contributed by atoms with Crippen LogP contribution in [0.25, 0.3) is 0 Å². The minimum absolute atomic E-state index is 0.208. The molecule has 6 nitrogen and oxygen atoms in total. The molecular weight excluding hydrogens is 261 g/mol. The van der Waals surface area contributed by atoms with Gasteiger partial charge in [0.05, 0.1) is 18.0 Å². The topological polar surface area (TPSA) is 88.8 Å². The first-order valence-electron chi connectivity index (χ1n) is 6.50. The van der Waals surface area contributed by atoms with Gasteiger partial charge in [0.15, 0.2) is 11.6 Å². The molecular formula is C13H18FN5O. The lowest BCUT2D eigenvalue weighted by atomic mass is 10.2. The van der Waals surface area contributed by atoms with Crippen LogP contribution in [0.4, 0.5) is 15.8 Å². The van der Waals surface area contributed by atoms with Crippen LogP contribution in [-0.2, 0) is 6.42 Å².